The van der Waals surface area contributed by atoms with Crippen molar-refractivity contribution in [2.45, 2.75) is 18.2 Å². The van der Waals surface area contributed by atoms with Crippen LogP contribution in [0.4, 0.5) is 0 Å². The van der Waals surface area contributed by atoms with Crippen molar-refractivity contribution in [1.29, 1.82) is 0 Å². The van der Waals surface area contributed by atoms with E-state index in [0.29, 0.717) is 6.42 Å². The maximum Gasteiger partial charge on any atom is 0.179 e. The molecule has 0 saturated carbocycles. The fourth-order valence-electron chi connectivity index (χ4n) is 0.877. The number of hydrogen-bond donors (Lipinski definition) is 0. The van der Waals surface area contributed by atoms with Crippen LogP contribution >= 0.6 is 0 Å². The lowest BCUT2D eigenvalue weighted by molar-refractivity contribution is 0.594. The second-order valence-corrected chi connectivity index (χ2v) is 4.55. The molecule has 65 valence electrons. The number of nitrogens with zero attached hydrogens (tertiary/aromatic N) is 1. The Morgan fingerprint density at radius 1 is 1.58 bits per heavy atom. The van der Waals surface area contributed by atoms with Crippen molar-refractivity contribution in [3.05, 3.63) is 24.5 Å². The highest BCUT2D eigenvalue weighted by atomic mass is 32.2. The molecular weight excluding hydrogens is 174 g/mol. The van der Waals surface area contributed by atoms with Crippen LogP contribution < -0.4 is 0 Å². The smallest absolute Gasteiger partial charge is 0.179 e. The summed E-state index contributed by atoms with van der Waals surface area (Å²) in [6.45, 7) is 1.83. The molecule has 0 bridgehead atoms. The van der Waals surface area contributed by atoms with Gasteiger partial charge in [0, 0.05) is 6.20 Å². The molecule has 1 aromatic rings. The molecule has 1 heterocycles. The number of aromatic nitrogens is 1. The molecule has 0 N–H and O–H groups in total. The number of pyridine rings is 1. The van der Waals surface area contributed by atoms with Gasteiger partial charge in [0.2, 0.25) is 0 Å². The van der Waals surface area contributed by atoms with Crippen LogP contribution in [0.5, 0.6) is 0 Å². The lowest BCUT2D eigenvalue weighted by Crippen LogP contribution is -2.05. The number of sulfone groups is 1. The van der Waals surface area contributed by atoms with Gasteiger partial charge in [0.1, 0.15) is 0 Å². The van der Waals surface area contributed by atoms with E-state index in [-0.39, 0.29) is 10.6 Å². The Balaban J connectivity index is 2.99. The molecule has 0 unspecified atom stereocenters. The van der Waals surface area contributed by atoms with E-state index in [1.807, 2.05) is 6.92 Å². The Morgan fingerprint density at radius 2 is 2.33 bits per heavy atom. The molecule has 0 amide bonds. The van der Waals surface area contributed by atoms with Crippen molar-refractivity contribution in [3.8, 4) is 0 Å². The molecule has 4 heteroatoms. The Labute approximate surface area is 72.4 Å². The normalized spacial score (nSPS) is 11.4. The third-order valence-corrected chi connectivity index (χ3v) is 3.33. The van der Waals surface area contributed by atoms with E-state index >= 15 is 0 Å². The topological polar surface area (TPSA) is 47.0 Å². The van der Waals surface area contributed by atoms with E-state index in [1.54, 1.807) is 0 Å². The molecule has 1 aromatic heterocycles. The third kappa shape index (κ3) is 2.04. The maximum atomic E-state index is 11.4. The fourth-order valence-corrected chi connectivity index (χ4v) is 2.14. The average molecular weight is 184 g/mol. The Bertz CT molecular complexity index is 331. The van der Waals surface area contributed by atoms with Gasteiger partial charge in [0.05, 0.1) is 16.8 Å². The maximum absolute atomic E-state index is 11.4. The fraction of sp³-hybridized carbons (Fsp3) is 0.375. The summed E-state index contributed by atoms with van der Waals surface area (Å²) in [6.07, 6.45) is 4.48. The van der Waals surface area contributed by atoms with E-state index in [4.69, 9.17) is 0 Å². The van der Waals surface area contributed by atoms with E-state index in [9.17, 15) is 8.42 Å². The Kier molecular flexibility index (Phi) is 2.81. The van der Waals surface area contributed by atoms with Crippen LogP contribution in [0.15, 0.2) is 23.2 Å². The van der Waals surface area contributed by atoms with Gasteiger partial charge in [-0.2, -0.15) is 0 Å². The first kappa shape index (κ1) is 9.19. The third-order valence-electron chi connectivity index (χ3n) is 1.42. The minimum absolute atomic E-state index is 0.179. The average Bonchev–Trinajstić information content (AvgIpc) is 2.06. The quantitative estimate of drug-likeness (QED) is 0.705. The van der Waals surface area contributed by atoms with Crippen molar-refractivity contribution < 1.29 is 8.42 Å². The summed E-state index contributed by atoms with van der Waals surface area (Å²) in [5.74, 6) is 0.179. The summed E-state index contributed by atoms with van der Waals surface area (Å²) < 4.78 is 22.8. The summed E-state index contributed by atoms with van der Waals surface area (Å²) in [7, 11) is -3.09. The van der Waals surface area contributed by atoms with Gasteiger partial charge < -0.3 is 0 Å². The summed E-state index contributed by atoms with van der Waals surface area (Å²) in [6, 6.07) is 3.01. The second-order valence-electron chi connectivity index (χ2n) is 2.44. The minimum Gasteiger partial charge on any atom is -0.253 e. The lowest BCUT2D eigenvalue weighted by Gasteiger charge is -1.99. The first-order valence-corrected chi connectivity index (χ1v) is 5.37. The van der Waals surface area contributed by atoms with E-state index in [0.717, 1.165) is 0 Å². The second kappa shape index (κ2) is 3.67. The van der Waals surface area contributed by atoms with Gasteiger partial charge >= 0.3 is 0 Å². The van der Waals surface area contributed by atoms with E-state index in [1.165, 1.54) is 18.3 Å². The highest BCUT2D eigenvalue weighted by Crippen LogP contribution is 2.08. The lowest BCUT2D eigenvalue weighted by atomic mass is 10.5. The van der Waals surface area contributed by atoms with Crippen LogP contribution in [-0.2, 0) is 9.84 Å². The van der Waals surface area contributed by atoms with Crippen LogP contribution in [-0.4, -0.2) is 19.2 Å². The molecule has 0 aliphatic carbocycles. The predicted octanol–water partition coefficient (Wildman–Crippen LogP) is 1.07. The van der Waals surface area contributed by atoms with Gasteiger partial charge in [0.15, 0.2) is 9.84 Å². The van der Waals surface area contributed by atoms with Crippen LogP contribution in [0.2, 0.25) is 0 Å². The molecule has 1 radical (unpaired) electrons. The first-order chi connectivity index (χ1) is 5.67. The highest BCUT2D eigenvalue weighted by Gasteiger charge is 2.11. The monoisotopic (exact) mass is 184 g/mol. The van der Waals surface area contributed by atoms with Gasteiger partial charge in [-0.1, -0.05) is 6.92 Å². The molecule has 0 atom stereocenters. The standard InChI is InChI=1S/C8H10NO2S/c1-2-6-12(10,11)8-4-3-5-9-7-8/h3-4,7H,2,6H2,1H3. The van der Waals surface area contributed by atoms with Crippen molar-refractivity contribution >= 4 is 9.84 Å². The van der Waals surface area contributed by atoms with Crippen LogP contribution in [0, 0.1) is 6.20 Å². The zero-order valence-electron chi connectivity index (χ0n) is 6.82. The summed E-state index contributed by atoms with van der Waals surface area (Å²) >= 11 is 0. The van der Waals surface area contributed by atoms with Crippen molar-refractivity contribution in [1.82, 2.24) is 4.98 Å². The molecule has 12 heavy (non-hydrogen) atoms. The first-order valence-electron chi connectivity index (χ1n) is 3.71. The van der Waals surface area contributed by atoms with E-state index < -0.39 is 9.84 Å². The van der Waals surface area contributed by atoms with Crippen LogP contribution in [0.1, 0.15) is 13.3 Å². The molecular formula is C8H10NO2S. The Morgan fingerprint density at radius 3 is 2.83 bits per heavy atom. The van der Waals surface area contributed by atoms with Gasteiger partial charge in [0.25, 0.3) is 0 Å². The van der Waals surface area contributed by atoms with Crippen molar-refractivity contribution in [2.24, 2.45) is 0 Å². The molecule has 0 saturated heterocycles. The number of hydrogen-bond acceptors (Lipinski definition) is 3. The largest absolute Gasteiger partial charge is 0.253 e. The van der Waals surface area contributed by atoms with Gasteiger partial charge in [-0.15, -0.1) is 0 Å². The molecule has 0 aromatic carbocycles. The van der Waals surface area contributed by atoms with Crippen molar-refractivity contribution in [3.63, 3.8) is 0 Å². The molecule has 1 rings (SSSR count). The molecule has 0 spiro atoms. The SMILES string of the molecule is CCCS(=O)(=O)c1cc[c]nc1. The molecule has 0 fully saturated rings. The summed E-state index contributed by atoms with van der Waals surface area (Å²) in [5, 5.41) is 0. The molecule has 3 nitrogen and oxygen atoms in total. The van der Waals surface area contributed by atoms with Crippen LogP contribution in [0.3, 0.4) is 0 Å². The summed E-state index contributed by atoms with van der Waals surface area (Å²) in [4.78, 5) is 3.91. The zero-order valence-corrected chi connectivity index (χ0v) is 7.63. The van der Waals surface area contributed by atoms with Gasteiger partial charge in [-0.25, -0.2) is 8.42 Å². The number of rotatable bonds is 3. The van der Waals surface area contributed by atoms with E-state index in [2.05, 4.69) is 11.2 Å². The molecule has 0 aliphatic rings. The molecule has 0 aliphatic heterocycles. The predicted molar refractivity (Wildman–Crippen MR) is 45.4 cm³/mol. The van der Waals surface area contributed by atoms with Crippen LogP contribution in [0.25, 0.3) is 0 Å². The summed E-state index contributed by atoms with van der Waals surface area (Å²) in [5.41, 5.74) is 0. The minimum atomic E-state index is -3.09. The highest BCUT2D eigenvalue weighted by molar-refractivity contribution is 7.91. The van der Waals surface area contributed by atoms with Crippen molar-refractivity contribution in [2.75, 3.05) is 5.75 Å². The Hall–Kier alpha value is -0.900. The van der Waals surface area contributed by atoms with Gasteiger partial charge in [-0.3, -0.25) is 4.98 Å². The zero-order chi connectivity index (χ0) is 9.03. The van der Waals surface area contributed by atoms with Gasteiger partial charge in [-0.05, 0) is 18.6 Å².